The number of anilines is 2. The second-order valence-corrected chi connectivity index (χ2v) is 9.44. The molecule has 37 heavy (non-hydrogen) atoms. The molecule has 0 bridgehead atoms. The van der Waals surface area contributed by atoms with Crippen molar-refractivity contribution in [2.24, 2.45) is 0 Å². The third kappa shape index (κ3) is 7.67. The van der Waals surface area contributed by atoms with Gasteiger partial charge in [-0.3, -0.25) is 4.79 Å². The molecular formula is C29H42N6O2. The summed E-state index contributed by atoms with van der Waals surface area (Å²) < 4.78 is 5.47. The number of hydrogen-bond acceptors (Lipinski definition) is 7. The van der Waals surface area contributed by atoms with Crippen molar-refractivity contribution in [3.63, 3.8) is 0 Å². The van der Waals surface area contributed by atoms with Crippen LogP contribution in [0.3, 0.4) is 0 Å². The van der Waals surface area contributed by atoms with Crippen LogP contribution >= 0.6 is 0 Å². The van der Waals surface area contributed by atoms with Crippen LogP contribution in [0.5, 0.6) is 0 Å². The van der Waals surface area contributed by atoms with Gasteiger partial charge in [0.1, 0.15) is 17.4 Å². The first-order chi connectivity index (χ1) is 17.5. The number of carbonyl (C=O) groups is 1. The lowest BCUT2D eigenvalue weighted by atomic mass is 10.0. The van der Waals surface area contributed by atoms with Gasteiger partial charge >= 0.3 is 0 Å². The molecule has 0 radical (unpaired) electrons. The number of nitrogens with zero attached hydrogens (tertiary/aromatic N) is 5. The monoisotopic (exact) mass is 506 g/mol. The zero-order valence-electron chi connectivity index (χ0n) is 24.0. The summed E-state index contributed by atoms with van der Waals surface area (Å²) in [5.41, 5.74) is 5.35. The number of aryl methyl sites for hydroxylation is 1. The van der Waals surface area contributed by atoms with Crippen molar-refractivity contribution in [1.82, 2.24) is 19.8 Å². The van der Waals surface area contributed by atoms with Crippen molar-refractivity contribution in [3.05, 3.63) is 70.9 Å². The molecule has 0 saturated carbocycles. The van der Waals surface area contributed by atoms with Gasteiger partial charge in [-0.15, -0.1) is 0 Å². The second kappa shape index (κ2) is 13.6. The van der Waals surface area contributed by atoms with E-state index in [1.54, 1.807) is 32.3 Å². The number of allylic oxidation sites excluding steroid dienone is 3. The molecular weight excluding hydrogens is 464 g/mol. The largest absolute Gasteiger partial charge is 0.496 e. The highest BCUT2D eigenvalue weighted by molar-refractivity contribution is 5.99. The van der Waals surface area contributed by atoms with Crippen molar-refractivity contribution in [3.8, 4) is 11.1 Å². The van der Waals surface area contributed by atoms with Crippen molar-refractivity contribution >= 4 is 17.5 Å². The van der Waals surface area contributed by atoms with Crippen LogP contribution in [-0.4, -0.2) is 81.1 Å². The third-order valence-electron chi connectivity index (χ3n) is 6.05. The maximum atomic E-state index is 13.0. The zero-order valence-corrected chi connectivity index (χ0v) is 24.0. The van der Waals surface area contributed by atoms with Crippen molar-refractivity contribution in [2.75, 3.05) is 65.7 Å². The topological polar surface area (TPSA) is 73.8 Å². The number of methoxy groups -OCH3 is 1. The number of carbonyl (C=O) groups excluding carboxylic acids is 1. The normalized spacial score (nSPS) is 12.6. The van der Waals surface area contributed by atoms with Crippen LogP contribution in [0, 0.1) is 6.92 Å². The van der Waals surface area contributed by atoms with Gasteiger partial charge in [0.05, 0.1) is 12.7 Å². The van der Waals surface area contributed by atoms with E-state index in [-0.39, 0.29) is 5.91 Å². The highest BCUT2D eigenvalue weighted by Gasteiger charge is 2.19. The van der Waals surface area contributed by atoms with Crippen LogP contribution < -0.4 is 10.2 Å². The summed E-state index contributed by atoms with van der Waals surface area (Å²) in [4.78, 5) is 28.1. The molecule has 2 aromatic rings. The minimum atomic E-state index is -0.0824. The molecule has 0 aliphatic rings. The first-order valence-corrected chi connectivity index (χ1v) is 12.4. The lowest BCUT2D eigenvalue weighted by Crippen LogP contribution is -2.31. The maximum absolute atomic E-state index is 13.0. The van der Waals surface area contributed by atoms with E-state index >= 15 is 0 Å². The van der Waals surface area contributed by atoms with Crippen LogP contribution in [0.2, 0.25) is 0 Å². The third-order valence-corrected chi connectivity index (χ3v) is 6.05. The Hall–Kier alpha value is -3.65. The smallest absolute Gasteiger partial charge is 0.257 e. The maximum Gasteiger partial charge on any atom is 0.257 e. The Kier molecular flexibility index (Phi) is 10.9. The SMILES string of the molecule is C/C=C(C(/C)=C/Nc1ncc(-c2cnc(N(C)CCN(C)C)c(C(=O)N(C)C)c2)cc1C)\C(=C/C)OC. The number of aromatic nitrogens is 2. The summed E-state index contributed by atoms with van der Waals surface area (Å²) in [7, 11) is 11.2. The van der Waals surface area contributed by atoms with Crippen LogP contribution in [0.15, 0.2) is 59.8 Å². The number of likely N-dealkylation sites (N-methyl/N-ethyl adjacent to an activating group) is 2. The number of hydrogen-bond donors (Lipinski definition) is 1. The van der Waals surface area contributed by atoms with Gasteiger partial charge in [-0.2, -0.15) is 0 Å². The van der Waals surface area contributed by atoms with Crippen LogP contribution in [-0.2, 0) is 4.74 Å². The van der Waals surface area contributed by atoms with E-state index in [0.717, 1.165) is 52.5 Å². The van der Waals surface area contributed by atoms with Gasteiger partial charge in [-0.05, 0) is 71.1 Å². The lowest BCUT2D eigenvalue weighted by Gasteiger charge is -2.24. The van der Waals surface area contributed by atoms with Crippen LogP contribution in [0.1, 0.15) is 36.7 Å². The first-order valence-electron chi connectivity index (χ1n) is 12.4. The molecule has 0 fully saturated rings. The highest BCUT2D eigenvalue weighted by atomic mass is 16.5. The Bertz CT molecular complexity index is 1180. The first kappa shape index (κ1) is 29.6. The van der Waals surface area contributed by atoms with E-state index in [1.165, 1.54) is 0 Å². The predicted molar refractivity (Wildman–Crippen MR) is 154 cm³/mol. The highest BCUT2D eigenvalue weighted by Crippen LogP contribution is 2.28. The van der Waals surface area contributed by atoms with E-state index < -0.39 is 0 Å². The predicted octanol–water partition coefficient (Wildman–Crippen LogP) is 4.96. The Morgan fingerprint density at radius 2 is 1.65 bits per heavy atom. The molecule has 2 aromatic heterocycles. The summed E-state index contributed by atoms with van der Waals surface area (Å²) in [6.07, 6.45) is 9.51. The Labute approximate surface area is 222 Å². The molecule has 200 valence electrons. The van der Waals surface area contributed by atoms with Gasteiger partial charge in [-0.1, -0.05) is 6.08 Å². The van der Waals surface area contributed by atoms with E-state index in [0.29, 0.717) is 11.4 Å². The summed E-state index contributed by atoms with van der Waals surface area (Å²) in [5, 5.41) is 3.32. The minimum Gasteiger partial charge on any atom is -0.496 e. The number of amides is 1. The van der Waals surface area contributed by atoms with Gasteiger partial charge in [0.25, 0.3) is 5.91 Å². The van der Waals surface area contributed by atoms with E-state index in [9.17, 15) is 4.79 Å². The van der Waals surface area contributed by atoms with Gasteiger partial charge in [0.2, 0.25) is 0 Å². The van der Waals surface area contributed by atoms with Crippen molar-refractivity contribution in [1.29, 1.82) is 0 Å². The molecule has 8 heteroatoms. The fourth-order valence-corrected chi connectivity index (χ4v) is 3.86. The molecule has 0 aliphatic carbocycles. The lowest BCUT2D eigenvalue weighted by molar-refractivity contribution is 0.0828. The van der Waals surface area contributed by atoms with Crippen LogP contribution in [0.4, 0.5) is 11.6 Å². The molecule has 8 nitrogen and oxygen atoms in total. The molecule has 2 rings (SSSR count). The summed E-state index contributed by atoms with van der Waals surface area (Å²) >= 11 is 0. The molecule has 0 aromatic carbocycles. The van der Waals surface area contributed by atoms with E-state index in [1.807, 2.05) is 84.4 Å². The van der Waals surface area contributed by atoms with Gasteiger partial charge in [0.15, 0.2) is 0 Å². The van der Waals surface area contributed by atoms with E-state index in [2.05, 4.69) is 21.3 Å². The van der Waals surface area contributed by atoms with Crippen LogP contribution in [0.25, 0.3) is 11.1 Å². The molecule has 1 amide bonds. The van der Waals surface area contributed by atoms with E-state index in [4.69, 9.17) is 9.72 Å². The molecule has 1 N–H and O–H groups in total. The number of ether oxygens (including phenoxy) is 1. The quantitative estimate of drug-likeness (QED) is 0.341. The zero-order chi connectivity index (χ0) is 27.7. The number of nitrogens with one attached hydrogen (secondary N) is 1. The molecule has 0 spiro atoms. The minimum absolute atomic E-state index is 0.0824. The van der Waals surface area contributed by atoms with Crippen molar-refractivity contribution in [2.45, 2.75) is 27.7 Å². The number of rotatable bonds is 11. The fourth-order valence-electron chi connectivity index (χ4n) is 3.86. The standard InChI is InChI=1S/C29H42N6O2/c1-11-24(26(12-2)37-10)21(4)17-30-27-20(3)15-22(18-31-27)23-16-25(29(36)34(7)8)28(32-19-23)35(9)14-13-33(5)6/h11-12,15-19H,13-14H2,1-10H3,(H,30,31)/b21-17+,24-11-,26-12+. The summed E-state index contributed by atoms with van der Waals surface area (Å²) in [6.45, 7) is 9.60. The number of pyridine rings is 2. The van der Waals surface area contributed by atoms with Gasteiger partial charge < -0.3 is 24.8 Å². The Morgan fingerprint density at radius 3 is 2.19 bits per heavy atom. The molecule has 0 unspecified atom stereocenters. The van der Waals surface area contributed by atoms with Gasteiger partial charge in [-0.25, -0.2) is 9.97 Å². The molecule has 0 saturated heterocycles. The second-order valence-electron chi connectivity index (χ2n) is 9.44. The molecule has 2 heterocycles. The average Bonchev–Trinajstić information content (AvgIpc) is 2.88. The molecule has 0 atom stereocenters. The Morgan fingerprint density at radius 1 is 1.00 bits per heavy atom. The summed E-state index contributed by atoms with van der Waals surface area (Å²) in [5.74, 6) is 2.17. The average molecular weight is 507 g/mol. The summed E-state index contributed by atoms with van der Waals surface area (Å²) in [6, 6.07) is 3.96. The van der Waals surface area contributed by atoms with Gasteiger partial charge in [0, 0.05) is 69.5 Å². The molecule has 0 aliphatic heterocycles. The Balaban J connectivity index is 2.37. The van der Waals surface area contributed by atoms with Crippen molar-refractivity contribution < 1.29 is 9.53 Å². The fraction of sp³-hybridized carbons (Fsp3) is 0.414.